The summed E-state index contributed by atoms with van der Waals surface area (Å²) >= 11 is 0. The number of nitro groups is 1. The highest BCUT2D eigenvalue weighted by molar-refractivity contribution is 5.94. The fourth-order valence-electron chi connectivity index (χ4n) is 2.42. The van der Waals surface area contributed by atoms with Crippen molar-refractivity contribution in [2.24, 2.45) is 13.0 Å². The van der Waals surface area contributed by atoms with E-state index in [4.69, 9.17) is 4.74 Å². The molecule has 3 rings (SSSR count). The number of benzene rings is 1. The molecule has 2 heterocycles. The molecule has 1 N–H and O–H groups in total. The number of nitrogens with one attached hydrogen (secondary N) is 1. The van der Waals surface area contributed by atoms with E-state index in [-0.39, 0.29) is 24.0 Å². The van der Waals surface area contributed by atoms with Crippen molar-refractivity contribution in [3.05, 3.63) is 46.1 Å². The number of fused-ring (bicyclic) bond motifs is 1. The molecular weight excluding hydrogens is 288 g/mol. The second kappa shape index (κ2) is 5.47. The van der Waals surface area contributed by atoms with Gasteiger partial charge >= 0.3 is 5.69 Å². The lowest BCUT2D eigenvalue weighted by molar-refractivity contribution is -0.384. The van der Waals surface area contributed by atoms with Gasteiger partial charge in [0.15, 0.2) is 0 Å². The summed E-state index contributed by atoms with van der Waals surface area (Å²) in [6, 6.07) is 7.52. The summed E-state index contributed by atoms with van der Waals surface area (Å²) in [5.41, 5.74) is 0.724. The van der Waals surface area contributed by atoms with Gasteiger partial charge < -0.3 is 10.1 Å². The van der Waals surface area contributed by atoms with Gasteiger partial charge in [-0.3, -0.25) is 14.9 Å². The zero-order valence-corrected chi connectivity index (χ0v) is 11.9. The number of amides is 1. The Morgan fingerprint density at radius 1 is 1.50 bits per heavy atom. The number of para-hydroxylation sites is 1. The van der Waals surface area contributed by atoms with Crippen LogP contribution in [0.4, 0.5) is 11.5 Å². The van der Waals surface area contributed by atoms with Crippen molar-refractivity contribution in [3.8, 4) is 5.75 Å². The molecule has 0 spiro atoms. The summed E-state index contributed by atoms with van der Waals surface area (Å²) in [5.74, 6) is 0.137. The lowest BCUT2D eigenvalue weighted by Gasteiger charge is -2.24. The number of anilines is 1. The molecule has 0 saturated carbocycles. The van der Waals surface area contributed by atoms with E-state index in [1.54, 1.807) is 0 Å². The first-order valence-corrected chi connectivity index (χ1v) is 6.74. The number of ether oxygens (including phenoxy) is 1. The maximum atomic E-state index is 12.3. The minimum absolute atomic E-state index is 0.0776. The van der Waals surface area contributed by atoms with Crippen LogP contribution >= 0.6 is 0 Å². The zero-order chi connectivity index (χ0) is 15.7. The number of hydrogen-bond acceptors (Lipinski definition) is 5. The average molecular weight is 302 g/mol. The number of aryl methyl sites for hydroxylation is 1. The van der Waals surface area contributed by atoms with E-state index in [0.29, 0.717) is 6.42 Å². The third-order valence-corrected chi connectivity index (χ3v) is 3.61. The van der Waals surface area contributed by atoms with Gasteiger partial charge in [-0.15, -0.1) is 0 Å². The minimum atomic E-state index is -0.574. The second-order valence-corrected chi connectivity index (χ2v) is 5.07. The van der Waals surface area contributed by atoms with E-state index >= 15 is 0 Å². The number of carbonyl (C=O) groups excluding carboxylic acids is 1. The first-order chi connectivity index (χ1) is 10.6. The molecule has 0 saturated heterocycles. The number of aromatic nitrogens is 2. The van der Waals surface area contributed by atoms with Gasteiger partial charge in [0.25, 0.3) is 0 Å². The molecule has 1 aliphatic heterocycles. The van der Waals surface area contributed by atoms with Crippen LogP contribution in [0.25, 0.3) is 0 Å². The highest BCUT2D eigenvalue weighted by atomic mass is 16.6. The third kappa shape index (κ3) is 2.50. The molecule has 22 heavy (non-hydrogen) atoms. The smallest absolute Gasteiger partial charge is 0.331 e. The molecule has 8 heteroatoms. The predicted octanol–water partition coefficient (Wildman–Crippen LogP) is 1.52. The molecule has 8 nitrogen and oxygen atoms in total. The van der Waals surface area contributed by atoms with Crippen LogP contribution in [-0.4, -0.2) is 27.2 Å². The fourth-order valence-corrected chi connectivity index (χ4v) is 2.42. The molecule has 1 aromatic carbocycles. The molecule has 0 radical (unpaired) electrons. The molecule has 1 atom stereocenters. The normalized spacial score (nSPS) is 16.5. The maximum absolute atomic E-state index is 12.3. The van der Waals surface area contributed by atoms with E-state index in [2.05, 4.69) is 10.4 Å². The molecule has 0 fully saturated rings. The summed E-state index contributed by atoms with van der Waals surface area (Å²) in [6.07, 6.45) is 1.65. The highest BCUT2D eigenvalue weighted by Crippen LogP contribution is 2.28. The Bertz CT molecular complexity index is 740. The van der Waals surface area contributed by atoms with Crippen molar-refractivity contribution in [3.63, 3.8) is 0 Å². The van der Waals surface area contributed by atoms with Gasteiger partial charge in [-0.1, -0.05) is 18.2 Å². The molecule has 0 bridgehead atoms. The van der Waals surface area contributed by atoms with Gasteiger partial charge in [-0.05, 0) is 18.1 Å². The maximum Gasteiger partial charge on any atom is 0.331 e. The number of carbonyl (C=O) groups is 1. The van der Waals surface area contributed by atoms with E-state index in [9.17, 15) is 14.9 Å². The Morgan fingerprint density at radius 2 is 2.27 bits per heavy atom. The molecular formula is C14H14N4O4. The SMILES string of the molecule is Cn1ncc([N+](=O)[O-])c1NC(=O)[C@@H]1COc2ccccc2C1. The molecule has 1 aromatic heterocycles. The van der Waals surface area contributed by atoms with Crippen molar-refractivity contribution in [1.29, 1.82) is 0 Å². The lowest BCUT2D eigenvalue weighted by Crippen LogP contribution is -2.33. The predicted molar refractivity (Wildman–Crippen MR) is 77.6 cm³/mol. The van der Waals surface area contributed by atoms with Crippen LogP contribution in [0.2, 0.25) is 0 Å². The summed E-state index contributed by atoms with van der Waals surface area (Å²) in [6.45, 7) is 0.245. The Kier molecular flexibility index (Phi) is 3.50. The molecule has 0 aliphatic carbocycles. The van der Waals surface area contributed by atoms with E-state index in [0.717, 1.165) is 17.5 Å². The zero-order valence-electron chi connectivity index (χ0n) is 11.9. The lowest BCUT2D eigenvalue weighted by atomic mass is 9.96. The van der Waals surface area contributed by atoms with Crippen molar-refractivity contribution >= 4 is 17.4 Å². The van der Waals surface area contributed by atoms with Gasteiger partial charge in [0, 0.05) is 7.05 Å². The third-order valence-electron chi connectivity index (χ3n) is 3.61. The Morgan fingerprint density at radius 3 is 3.05 bits per heavy atom. The summed E-state index contributed by atoms with van der Waals surface area (Å²) in [7, 11) is 1.54. The monoisotopic (exact) mass is 302 g/mol. The van der Waals surface area contributed by atoms with Crippen LogP contribution in [-0.2, 0) is 18.3 Å². The molecule has 1 aliphatic rings. The van der Waals surface area contributed by atoms with Crippen molar-refractivity contribution in [2.75, 3.05) is 11.9 Å². The fraction of sp³-hybridized carbons (Fsp3) is 0.286. The minimum Gasteiger partial charge on any atom is -0.492 e. The molecule has 114 valence electrons. The van der Waals surface area contributed by atoms with Crippen LogP contribution in [0.15, 0.2) is 30.5 Å². The molecule has 1 amide bonds. The number of hydrogen-bond donors (Lipinski definition) is 1. The van der Waals surface area contributed by atoms with Crippen LogP contribution in [0.1, 0.15) is 5.56 Å². The van der Waals surface area contributed by atoms with Crippen molar-refractivity contribution in [2.45, 2.75) is 6.42 Å². The van der Waals surface area contributed by atoms with Crippen molar-refractivity contribution in [1.82, 2.24) is 9.78 Å². The molecule has 0 unspecified atom stereocenters. The van der Waals surface area contributed by atoms with Crippen molar-refractivity contribution < 1.29 is 14.5 Å². The van der Waals surface area contributed by atoms with E-state index in [1.807, 2.05) is 24.3 Å². The summed E-state index contributed by atoms with van der Waals surface area (Å²) in [5, 5.41) is 17.3. The summed E-state index contributed by atoms with van der Waals surface area (Å²) in [4.78, 5) is 22.7. The van der Waals surface area contributed by atoms with Crippen LogP contribution in [0.3, 0.4) is 0 Å². The Labute approximate surface area is 125 Å². The van der Waals surface area contributed by atoms with Crippen LogP contribution in [0.5, 0.6) is 5.75 Å². The quantitative estimate of drug-likeness (QED) is 0.684. The van der Waals surface area contributed by atoms with Gasteiger partial charge in [0.05, 0.1) is 10.8 Å². The average Bonchev–Trinajstić information content (AvgIpc) is 2.88. The number of nitrogens with zero attached hydrogens (tertiary/aromatic N) is 3. The summed E-state index contributed by atoms with van der Waals surface area (Å²) < 4.78 is 6.84. The van der Waals surface area contributed by atoms with E-state index in [1.165, 1.54) is 11.7 Å². The van der Waals surface area contributed by atoms with E-state index < -0.39 is 10.8 Å². The van der Waals surface area contributed by atoms with Gasteiger partial charge in [-0.2, -0.15) is 5.10 Å². The van der Waals surface area contributed by atoms with Gasteiger partial charge in [0.2, 0.25) is 11.7 Å². The molecule has 2 aromatic rings. The largest absolute Gasteiger partial charge is 0.492 e. The first-order valence-electron chi connectivity index (χ1n) is 6.74. The first kappa shape index (κ1) is 14.1. The highest BCUT2D eigenvalue weighted by Gasteiger charge is 2.29. The number of rotatable bonds is 3. The van der Waals surface area contributed by atoms with Gasteiger partial charge in [-0.25, -0.2) is 4.68 Å². The topological polar surface area (TPSA) is 99.3 Å². The van der Waals surface area contributed by atoms with Crippen LogP contribution in [0, 0.1) is 16.0 Å². The Hall–Kier alpha value is -2.90. The standard InChI is InChI=1S/C14H14N4O4/c1-17-13(11(7-15-17)18(20)21)16-14(19)10-6-9-4-2-3-5-12(9)22-8-10/h2-5,7,10H,6,8H2,1H3,(H,16,19)/t10-/m0/s1. The van der Waals surface area contributed by atoms with Gasteiger partial charge in [0.1, 0.15) is 18.6 Å². The van der Waals surface area contributed by atoms with Crippen LogP contribution < -0.4 is 10.1 Å². The Balaban J connectivity index is 1.77. The second-order valence-electron chi connectivity index (χ2n) is 5.07.